The molecule has 10 heteroatoms. The summed E-state index contributed by atoms with van der Waals surface area (Å²) in [5, 5.41) is 3.75. The molecule has 2 aliphatic heterocycles. The van der Waals surface area contributed by atoms with Crippen LogP contribution >= 0.6 is 0 Å². The summed E-state index contributed by atoms with van der Waals surface area (Å²) < 4.78 is 65.1. The first-order valence-electron chi connectivity index (χ1n) is 10.4. The van der Waals surface area contributed by atoms with Gasteiger partial charge in [0.2, 0.25) is 0 Å². The van der Waals surface area contributed by atoms with Gasteiger partial charge in [-0.25, -0.2) is 9.37 Å². The van der Waals surface area contributed by atoms with Crippen LogP contribution in [0.3, 0.4) is 0 Å². The van der Waals surface area contributed by atoms with Crippen molar-refractivity contribution in [1.29, 1.82) is 0 Å². The van der Waals surface area contributed by atoms with Crippen molar-refractivity contribution < 1.29 is 27.0 Å². The molecule has 3 atom stereocenters. The van der Waals surface area contributed by atoms with Gasteiger partial charge >= 0.3 is 6.18 Å². The lowest BCUT2D eigenvalue weighted by atomic mass is 9.93. The van der Waals surface area contributed by atoms with E-state index in [9.17, 15) is 17.6 Å². The summed E-state index contributed by atoms with van der Waals surface area (Å²) in [6, 6.07) is 6.61. The summed E-state index contributed by atoms with van der Waals surface area (Å²) in [7, 11) is 0. The van der Waals surface area contributed by atoms with E-state index < -0.39 is 17.7 Å². The Kier molecular flexibility index (Phi) is 5.21. The third kappa shape index (κ3) is 3.88. The Morgan fingerprint density at radius 2 is 2.06 bits per heavy atom. The maximum Gasteiger partial charge on any atom is 0.431 e. The first kappa shape index (κ1) is 21.0. The SMILES string of the molecule is CC1CN(C2COc3cc(F)ccc3C2Nc2ccnc3[nH]c(C(F)(F)F)cc23)CCO1. The number of pyridine rings is 1. The fourth-order valence-electron chi connectivity index (χ4n) is 4.48. The van der Waals surface area contributed by atoms with Crippen LogP contribution in [0.1, 0.15) is 24.2 Å². The Hall–Kier alpha value is -2.85. The van der Waals surface area contributed by atoms with Crippen molar-refractivity contribution in [3.8, 4) is 5.75 Å². The number of benzene rings is 1. The number of hydrogen-bond donors (Lipinski definition) is 2. The third-order valence-corrected chi connectivity index (χ3v) is 5.99. The number of ether oxygens (including phenoxy) is 2. The monoisotopic (exact) mass is 450 g/mol. The first-order valence-corrected chi connectivity index (χ1v) is 10.4. The number of fused-ring (bicyclic) bond motifs is 2. The smallest absolute Gasteiger partial charge is 0.431 e. The van der Waals surface area contributed by atoms with E-state index >= 15 is 0 Å². The average molecular weight is 450 g/mol. The Bertz CT molecular complexity index is 1130. The van der Waals surface area contributed by atoms with Crippen LogP contribution in [0.2, 0.25) is 0 Å². The van der Waals surface area contributed by atoms with Gasteiger partial charge in [-0.2, -0.15) is 13.2 Å². The van der Waals surface area contributed by atoms with Gasteiger partial charge in [0.05, 0.1) is 24.8 Å². The minimum atomic E-state index is -4.51. The van der Waals surface area contributed by atoms with Crippen LogP contribution in [0.5, 0.6) is 5.75 Å². The molecule has 2 aliphatic rings. The molecule has 0 bridgehead atoms. The quantitative estimate of drug-likeness (QED) is 0.581. The molecule has 0 saturated carbocycles. The highest BCUT2D eigenvalue weighted by molar-refractivity contribution is 5.90. The molecule has 2 N–H and O–H groups in total. The van der Waals surface area contributed by atoms with E-state index in [1.165, 1.54) is 18.3 Å². The lowest BCUT2D eigenvalue weighted by Crippen LogP contribution is -2.54. The van der Waals surface area contributed by atoms with Crippen molar-refractivity contribution in [1.82, 2.24) is 14.9 Å². The molecule has 32 heavy (non-hydrogen) atoms. The normalized spacial score (nSPS) is 24.2. The molecule has 6 nitrogen and oxygen atoms in total. The molecule has 5 rings (SSSR count). The number of anilines is 1. The zero-order valence-electron chi connectivity index (χ0n) is 17.2. The largest absolute Gasteiger partial charge is 0.491 e. The van der Waals surface area contributed by atoms with Gasteiger partial charge in [0.15, 0.2) is 0 Å². The van der Waals surface area contributed by atoms with Crippen molar-refractivity contribution in [2.75, 3.05) is 31.6 Å². The van der Waals surface area contributed by atoms with Gasteiger partial charge in [0.25, 0.3) is 0 Å². The number of hydrogen-bond acceptors (Lipinski definition) is 5. The van der Waals surface area contributed by atoms with Crippen LogP contribution in [0.25, 0.3) is 11.0 Å². The second-order valence-corrected chi connectivity index (χ2v) is 8.16. The number of aromatic amines is 1. The minimum Gasteiger partial charge on any atom is -0.491 e. The maximum atomic E-state index is 13.8. The third-order valence-electron chi connectivity index (χ3n) is 5.99. The summed E-state index contributed by atoms with van der Waals surface area (Å²) in [5.41, 5.74) is 0.543. The van der Waals surface area contributed by atoms with Crippen LogP contribution in [0.15, 0.2) is 36.5 Å². The topological polar surface area (TPSA) is 62.4 Å². The minimum absolute atomic E-state index is 0.0469. The van der Waals surface area contributed by atoms with E-state index in [-0.39, 0.29) is 23.8 Å². The fraction of sp³-hybridized carbons (Fsp3) is 0.409. The van der Waals surface area contributed by atoms with Crippen LogP contribution < -0.4 is 10.1 Å². The van der Waals surface area contributed by atoms with Crippen LogP contribution in [0, 0.1) is 5.82 Å². The van der Waals surface area contributed by atoms with Gasteiger partial charge < -0.3 is 19.8 Å². The van der Waals surface area contributed by atoms with Crippen molar-refractivity contribution in [3.63, 3.8) is 0 Å². The molecule has 0 radical (unpaired) electrons. The number of H-pyrrole nitrogens is 1. The molecular weight excluding hydrogens is 428 g/mol. The summed E-state index contributed by atoms with van der Waals surface area (Å²) in [6.07, 6.45) is -3.00. The summed E-state index contributed by atoms with van der Waals surface area (Å²) in [5.74, 6) is 0.0168. The predicted molar refractivity (Wildman–Crippen MR) is 110 cm³/mol. The van der Waals surface area contributed by atoms with E-state index in [4.69, 9.17) is 9.47 Å². The molecule has 1 aromatic carbocycles. The van der Waals surface area contributed by atoms with E-state index in [1.807, 2.05) is 6.92 Å². The summed E-state index contributed by atoms with van der Waals surface area (Å²) in [6.45, 7) is 4.27. The number of rotatable bonds is 3. The second kappa shape index (κ2) is 7.93. The molecular formula is C22H22F4N4O2. The van der Waals surface area contributed by atoms with Gasteiger partial charge in [-0.3, -0.25) is 4.90 Å². The highest BCUT2D eigenvalue weighted by Gasteiger charge is 2.38. The Morgan fingerprint density at radius 1 is 1.22 bits per heavy atom. The lowest BCUT2D eigenvalue weighted by Gasteiger charge is -2.44. The summed E-state index contributed by atoms with van der Waals surface area (Å²) >= 11 is 0. The van der Waals surface area contributed by atoms with Crippen molar-refractivity contribution >= 4 is 16.7 Å². The molecule has 1 saturated heterocycles. The number of aromatic nitrogens is 2. The van der Waals surface area contributed by atoms with Crippen LogP contribution in [-0.4, -0.2) is 53.3 Å². The maximum absolute atomic E-state index is 13.8. The second-order valence-electron chi connectivity index (χ2n) is 8.16. The van der Waals surface area contributed by atoms with Crippen molar-refractivity contribution in [2.45, 2.75) is 31.3 Å². The van der Waals surface area contributed by atoms with Gasteiger partial charge in [-0.15, -0.1) is 0 Å². The standard InChI is InChI=1S/C22H22F4N4O2/c1-12-10-30(6-7-31-12)17-11-32-18-8-13(23)2-3-14(18)20(17)28-16-4-5-27-21-15(16)9-19(29-21)22(24,25)26/h2-5,8-9,12,17,20H,6-7,10-11H2,1H3,(H2,27,28,29). The number of nitrogens with one attached hydrogen (secondary N) is 2. The molecule has 3 unspecified atom stereocenters. The molecule has 1 fully saturated rings. The van der Waals surface area contributed by atoms with Crippen molar-refractivity contribution in [3.05, 3.63) is 53.6 Å². The summed E-state index contributed by atoms with van der Waals surface area (Å²) in [4.78, 5) is 8.63. The molecule has 2 aromatic heterocycles. The number of nitrogens with zero attached hydrogens (tertiary/aromatic N) is 2. The highest BCUT2D eigenvalue weighted by atomic mass is 19.4. The van der Waals surface area contributed by atoms with Gasteiger partial charge in [-0.1, -0.05) is 6.07 Å². The molecule has 3 aromatic rings. The van der Waals surface area contributed by atoms with Gasteiger partial charge in [-0.05, 0) is 25.1 Å². The first-order chi connectivity index (χ1) is 15.3. The molecule has 0 aliphatic carbocycles. The lowest BCUT2D eigenvalue weighted by molar-refractivity contribution is -0.140. The van der Waals surface area contributed by atoms with Crippen molar-refractivity contribution in [2.24, 2.45) is 0 Å². The molecule has 0 spiro atoms. The molecule has 4 heterocycles. The van der Waals surface area contributed by atoms with E-state index in [2.05, 4.69) is 20.2 Å². The highest BCUT2D eigenvalue weighted by Crippen LogP contribution is 2.39. The Morgan fingerprint density at radius 3 is 2.84 bits per heavy atom. The van der Waals surface area contributed by atoms with Gasteiger partial charge in [0.1, 0.15) is 29.5 Å². The zero-order chi connectivity index (χ0) is 22.5. The van der Waals surface area contributed by atoms with Crippen LogP contribution in [0.4, 0.5) is 23.2 Å². The van der Waals surface area contributed by atoms with E-state index in [0.29, 0.717) is 43.1 Å². The van der Waals surface area contributed by atoms with E-state index in [1.54, 1.807) is 12.1 Å². The average Bonchev–Trinajstić information content (AvgIpc) is 3.20. The number of morpholine rings is 1. The molecule has 0 amide bonds. The fourth-order valence-corrected chi connectivity index (χ4v) is 4.48. The molecule has 170 valence electrons. The number of halogens is 4. The number of alkyl halides is 3. The van der Waals surface area contributed by atoms with Gasteiger partial charge in [0, 0.05) is 42.0 Å². The Balaban J connectivity index is 1.55. The Labute approximate surface area is 181 Å². The van der Waals surface area contributed by atoms with Crippen LogP contribution in [-0.2, 0) is 10.9 Å². The zero-order valence-corrected chi connectivity index (χ0v) is 17.2. The predicted octanol–water partition coefficient (Wildman–Crippen LogP) is 4.36. The van der Waals surface area contributed by atoms with E-state index in [0.717, 1.165) is 11.6 Å².